The summed E-state index contributed by atoms with van der Waals surface area (Å²) in [4.78, 5) is 11.9. The Labute approximate surface area is 148 Å². The second kappa shape index (κ2) is 8.75. The number of hydrogen-bond donors (Lipinski definition) is 0. The predicted molar refractivity (Wildman–Crippen MR) is 92.9 cm³/mol. The van der Waals surface area contributed by atoms with E-state index in [1.54, 1.807) is 30.3 Å². The molecule has 0 spiro atoms. The maximum absolute atomic E-state index is 11.9. The number of esters is 1. The van der Waals surface area contributed by atoms with E-state index < -0.39 is 5.97 Å². The Kier molecular flexibility index (Phi) is 6.41. The summed E-state index contributed by atoms with van der Waals surface area (Å²) in [6, 6.07) is 14.1. The van der Waals surface area contributed by atoms with E-state index in [0.717, 1.165) is 10.0 Å². The van der Waals surface area contributed by atoms with E-state index in [4.69, 9.17) is 19.5 Å². The molecule has 0 saturated heterocycles. The molecule has 0 atom stereocenters. The highest BCUT2D eigenvalue weighted by molar-refractivity contribution is 9.10. The van der Waals surface area contributed by atoms with Crippen molar-refractivity contribution >= 4 is 28.0 Å². The maximum atomic E-state index is 11.9. The Morgan fingerprint density at radius 2 is 2.00 bits per heavy atom. The predicted octanol–water partition coefficient (Wildman–Crippen LogP) is 3.98. The van der Waals surface area contributed by atoms with Crippen molar-refractivity contribution in [1.82, 2.24) is 0 Å². The van der Waals surface area contributed by atoms with Crippen LogP contribution in [0.25, 0.3) is 6.08 Å². The van der Waals surface area contributed by atoms with Gasteiger partial charge in [0.15, 0.2) is 18.1 Å². The summed E-state index contributed by atoms with van der Waals surface area (Å²) >= 11 is 3.34. The van der Waals surface area contributed by atoms with E-state index in [1.165, 1.54) is 13.2 Å². The lowest BCUT2D eigenvalue weighted by Gasteiger charge is -2.11. The number of benzene rings is 2. The second-order valence-electron chi connectivity index (χ2n) is 4.57. The lowest BCUT2D eigenvalue weighted by atomic mass is 10.2. The monoisotopic (exact) mass is 387 g/mol. The van der Waals surface area contributed by atoms with E-state index >= 15 is 0 Å². The van der Waals surface area contributed by atoms with Crippen molar-refractivity contribution in [3.8, 4) is 23.3 Å². The van der Waals surface area contributed by atoms with Gasteiger partial charge in [-0.1, -0.05) is 18.2 Å². The van der Waals surface area contributed by atoms with Crippen LogP contribution in [-0.4, -0.2) is 19.7 Å². The first kappa shape index (κ1) is 17.6. The zero-order chi connectivity index (χ0) is 17.4. The van der Waals surface area contributed by atoms with Gasteiger partial charge in [0.05, 0.1) is 17.7 Å². The van der Waals surface area contributed by atoms with Crippen LogP contribution in [0.15, 0.2) is 53.0 Å². The minimum atomic E-state index is -0.552. The molecule has 0 unspecified atom stereocenters. The van der Waals surface area contributed by atoms with Crippen molar-refractivity contribution in [3.63, 3.8) is 0 Å². The number of halogens is 1. The molecular weight excluding hydrogens is 374 g/mol. The summed E-state index contributed by atoms with van der Waals surface area (Å²) in [6.07, 6.45) is 2.98. The molecule has 2 aromatic carbocycles. The van der Waals surface area contributed by atoms with Gasteiger partial charge in [-0.3, -0.25) is 0 Å². The lowest BCUT2D eigenvalue weighted by Crippen LogP contribution is -2.18. The zero-order valence-corrected chi connectivity index (χ0v) is 14.4. The Morgan fingerprint density at radius 3 is 2.71 bits per heavy atom. The fourth-order valence-electron chi connectivity index (χ4n) is 1.86. The normalized spacial score (nSPS) is 10.2. The van der Waals surface area contributed by atoms with Crippen LogP contribution in [0.1, 0.15) is 5.56 Å². The number of hydrogen-bond acceptors (Lipinski definition) is 5. The standard InChI is InChI=1S/C18H14BrNO4/c1-22-17-11-13(5-4-10-20)8-9-16(17)24-18(21)12-23-15-7-3-2-6-14(15)19/h2-9,11H,12H2,1H3/b5-4-. The summed E-state index contributed by atoms with van der Waals surface area (Å²) < 4.78 is 16.6. The molecule has 5 nitrogen and oxygen atoms in total. The average Bonchev–Trinajstić information content (AvgIpc) is 2.60. The van der Waals surface area contributed by atoms with Crippen molar-refractivity contribution in [2.75, 3.05) is 13.7 Å². The molecule has 2 rings (SSSR count). The molecule has 122 valence electrons. The summed E-state index contributed by atoms with van der Waals surface area (Å²) in [6.45, 7) is -0.234. The van der Waals surface area contributed by atoms with Gasteiger partial charge < -0.3 is 14.2 Å². The van der Waals surface area contributed by atoms with E-state index in [1.807, 2.05) is 24.3 Å². The maximum Gasteiger partial charge on any atom is 0.349 e. The Bertz CT molecular complexity index is 796. The number of ether oxygens (including phenoxy) is 3. The molecule has 0 aromatic heterocycles. The molecule has 0 fully saturated rings. The van der Waals surface area contributed by atoms with Crippen molar-refractivity contribution in [3.05, 3.63) is 58.6 Å². The number of nitriles is 1. The number of nitrogens with zero attached hydrogens (tertiary/aromatic N) is 1. The first-order chi connectivity index (χ1) is 11.6. The summed E-state index contributed by atoms with van der Waals surface area (Å²) in [5.41, 5.74) is 0.762. The molecule has 0 aliphatic carbocycles. The molecule has 0 aliphatic heterocycles. The minimum Gasteiger partial charge on any atom is -0.493 e. The van der Waals surface area contributed by atoms with Crippen LogP contribution in [0.4, 0.5) is 0 Å². The van der Waals surface area contributed by atoms with Crippen LogP contribution in [0.3, 0.4) is 0 Å². The van der Waals surface area contributed by atoms with E-state index in [9.17, 15) is 4.79 Å². The molecule has 6 heteroatoms. The molecule has 0 amide bonds. The van der Waals surface area contributed by atoms with Gasteiger partial charge in [0.2, 0.25) is 0 Å². The lowest BCUT2D eigenvalue weighted by molar-refractivity contribution is -0.136. The largest absolute Gasteiger partial charge is 0.493 e. The third-order valence-electron chi connectivity index (χ3n) is 2.94. The summed E-state index contributed by atoms with van der Waals surface area (Å²) in [5.74, 6) is 0.680. The quantitative estimate of drug-likeness (QED) is 0.426. The fraction of sp³-hybridized carbons (Fsp3) is 0.111. The van der Waals surface area contributed by atoms with Gasteiger partial charge in [-0.25, -0.2) is 4.79 Å². The van der Waals surface area contributed by atoms with Crippen molar-refractivity contribution < 1.29 is 19.0 Å². The highest BCUT2D eigenvalue weighted by atomic mass is 79.9. The third-order valence-corrected chi connectivity index (χ3v) is 3.60. The van der Waals surface area contributed by atoms with Gasteiger partial charge in [-0.05, 0) is 51.8 Å². The molecule has 0 aliphatic rings. The average molecular weight is 388 g/mol. The first-order valence-corrected chi connectivity index (χ1v) is 7.75. The van der Waals surface area contributed by atoms with E-state index in [2.05, 4.69) is 15.9 Å². The number of allylic oxidation sites excluding steroid dienone is 1. The van der Waals surface area contributed by atoms with Crippen molar-refractivity contribution in [2.24, 2.45) is 0 Å². The number of methoxy groups -OCH3 is 1. The van der Waals surface area contributed by atoms with Crippen LogP contribution >= 0.6 is 15.9 Å². The summed E-state index contributed by atoms with van der Waals surface area (Å²) in [5, 5.41) is 8.55. The molecule has 0 heterocycles. The van der Waals surface area contributed by atoms with Crippen LogP contribution in [0, 0.1) is 11.3 Å². The Morgan fingerprint density at radius 1 is 1.21 bits per heavy atom. The van der Waals surface area contributed by atoms with Crippen LogP contribution in [-0.2, 0) is 4.79 Å². The van der Waals surface area contributed by atoms with Gasteiger partial charge >= 0.3 is 5.97 Å². The summed E-state index contributed by atoms with van der Waals surface area (Å²) in [7, 11) is 1.47. The number of rotatable bonds is 6. The SMILES string of the molecule is COc1cc(/C=C\C#N)ccc1OC(=O)COc1ccccc1Br. The smallest absolute Gasteiger partial charge is 0.349 e. The second-order valence-corrected chi connectivity index (χ2v) is 5.42. The molecule has 0 bridgehead atoms. The molecule has 0 N–H and O–H groups in total. The van der Waals surface area contributed by atoms with E-state index in [-0.39, 0.29) is 12.4 Å². The number of carbonyl (C=O) groups excluding carboxylic acids is 1. The third kappa shape index (κ3) is 4.86. The van der Waals surface area contributed by atoms with Crippen LogP contribution in [0.2, 0.25) is 0 Å². The van der Waals surface area contributed by atoms with Gasteiger partial charge in [0.25, 0.3) is 0 Å². The van der Waals surface area contributed by atoms with Gasteiger partial charge in [0.1, 0.15) is 5.75 Å². The van der Waals surface area contributed by atoms with Gasteiger partial charge in [-0.2, -0.15) is 5.26 Å². The van der Waals surface area contributed by atoms with Crippen LogP contribution < -0.4 is 14.2 Å². The molecule has 24 heavy (non-hydrogen) atoms. The topological polar surface area (TPSA) is 68.5 Å². The number of carbonyl (C=O) groups is 1. The first-order valence-electron chi connectivity index (χ1n) is 6.96. The molecular formula is C18H14BrNO4. The van der Waals surface area contributed by atoms with Gasteiger partial charge in [0, 0.05) is 6.08 Å². The van der Waals surface area contributed by atoms with E-state index in [0.29, 0.717) is 11.5 Å². The van der Waals surface area contributed by atoms with Crippen molar-refractivity contribution in [1.29, 1.82) is 5.26 Å². The van der Waals surface area contributed by atoms with Crippen LogP contribution in [0.5, 0.6) is 17.2 Å². The zero-order valence-electron chi connectivity index (χ0n) is 12.9. The minimum absolute atomic E-state index is 0.234. The fourth-order valence-corrected chi connectivity index (χ4v) is 2.26. The Hall–Kier alpha value is -2.78. The Balaban J connectivity index is 2.02. The van der Waals surface area contributed by atoms with Crippen molar-refractivity contribution in [2.45, 2.75) is 0 Å². The highest BCUT2D eigenvalue weighted by Gasteiger charge is 2.12. The molecule has 0 radical (unpaired) electrons. The molecule has 0 saturated carbocycles. The highest BCUT2D eigenvalue weighted by Crippen LogP contribution is 2.29. The molecule has 2 aromatic rings. The van der Waals surface area contributed by atoms with Gasteiger partial charge in [-0.15, -0.1) is 0 Å². The number of para-hydroxylation sites is 1.